The van der Waals surface area contributed by atoms with Crippen molar-refractivity contribution in [2.75, 3.05) is 14.2 Å². The van der Waals surface area contributed by atoms with Crippen molar-refractivity contribution in [2.24, 2.45) is 5.73 Å². The standard InChI is InChI=1S/C3H8N2O3/c1-7-5(8-2)3(4)6/h1-2H3,(H2,4,6). The Morgan fingerprint density at radius 2 is 1.88 bits per heavy atom. The van der Waals surface area contributed by atoms with Gasteiger partial charge in [0.25, 0.3) is 0 Å². The first-order valence-corrected chi connectivity index (χ1v) is 1.90. The molecule has 0 unspecified atom stereocenters. The van der Waals surface area contributed by atoms with Crippen molar-refractivity contribution in [3.05, 3.63) is 0 Å². The number of urea groups is 1. The fraction of sp³-hybridized carbons (Fsp3) is 0.667. The average molecular weight is 120 g/mol. The number of nitrogens with zero attached hydrogens (tertiary/aromatic N) is 1. The summed E-state index contributed by atoms with van der Waals surface area (Å²) in [4.78, 5) is 18.7. The van der Waals surface area contributed by atoms with Crippen LogP contribution in [0, 0.1) is 0 Å². The molecule has 0 aromatic rings. The molecular formula is C3H8N2O3. The number of hydrogen-bond donors (Lipinski definition) is 1. The van der Waals surface area contributed by atoms with E-state index < -0.39 is 6.03 Å². The molecule has 0 aliphatic rings. The Balaban J connectivity index is 3.52. The van der Waals surface area contributed by atoms with Gasteiger partial charge >= 0.3 is 6.03 Å². The minimum atomic E-state index is -0.782. The summed E-state index contributed by atoms with van der Waals surface area (Å²) in [6, 6.07) is -0.782. The van der Waals surface area contributed by atoms with Gasteiger partial charge in [-0.25, -0.2) is 14.5 Å². The van der Waals surface area contributed by atoms with Crippen LogP contribution < -0.4 is 5.73 Å². The summed E-state index contributed by atoms with van der Waals surface area (Å²) < 4.78 is 0. The number of rotatable bonds is 2. The normalized spacial score (nSPS) is 8.75. The second kappa shape index (κ2) is 3.23. The van der Waals surface area contributed by atoms with Gasteiger partial charge in [-0.15, -0.1) is 0 Å². The maximum atomic E-state index is 10.1. The number of nitrogens with two attached hydrogens (primary N) is 1. The predicted octanol–water partition coefficient (Wildman–Crippen LogP) is -0.510. The third kappa shape index (κ3) is 1.76. The van der Waals surface area contributed by atoms with E-state index in [0.29, 0.717) is 5.23 Å². The molecule has 0 atom stereocenters. The fourth-order valence-corrected chi connectivity index (χ4v) is 0.254. The zero-order valence-electron chi connectivity index (χ0n) is 4.75. The molecule has 0 heterocycles. The van der Waals surface area contributed by atoms with Gasteiger partial charge in [0.1, 0.15) is 0 Å². The van der Waals surface area contributed by atoms with Crippen molar-refractivity contribution in [3.63, 3.8) is 0 Å². The highest BCUT2D eigenvalue weighted by molar-refractivity contribution is 5.69. The maximum absolute atomic E-state index is 10.1. The smallest absolute Gasteiger partial charge is 0.348 e. The van der Waals surface area contributed by atoms with Crippen molar-refractivity contribution in [2.45, 2.75) is 0 Å². The Hall–Kier alpha value is -0.810. The van der Waals surface area contributed by atoms with Crippen molar-refractivity contribution in [1.29, 1.82) is 0 Å². The third-order valence-electron chi connectivity index (χ3n) is 0.512. The van der Waals surface area contributed by atoms with Gasteiger partial charge in [-0.2, -0.15) is 0 Å². The predicted molar refractivity (Wildman–Crippen MR) is 25.4 cm³/mol. The molecule has 0 fully saturated rings. The summed E-state index contributed by atoms with van der Waals surface area (Å²) in [5.41, 5.74) is 4.69. The summed E-state index contributed by atoms with van der Waals surface area (Å²) in [7, 11) is 2.54. The van der Waals surface area contributed by atoms with Crippen LogP contribution in [0.2, 0.25) is 0 Å². The molecule has 0 spiro atoms. The Kier molecular flexibility index (Phi) is 2.90. The van der Waals surface area contributed by atoms with Gasteiger partial charge in [0, 0.05) is 0 Å². The summed E-state index contributed by atoms with van der Waals surface area (Å²) in [6.45, 7) is 0. The SMILES string of the molecule is CON(OC)C(N)=O. The number of hydrogen-bond acceptors (Lipinski definition) is 3. The van der Waals surface area contributed by atoms with Gasteiger partial charge in [0.05, 0.1) is 14.2 Å². The van der Waals surface area contributed by atoms with Crippen LogP contribution in [0.1, 0.15) is 0 Å². The van der Waals surface area contributed by atoms with Gasteiger partial charge in [0.15, 0.2) is 0 Å². The lowest BCUT2D eigenvalue weighted by Gasteiger charge is -2.11. The summed E-state index contributed by atoms with van der Waals surface area (Å²) in [5, 5.41) is 0.556. The van der Waals surface area contributed by atoms with Gasteiger partial charge in [-0.1, -0.05) is 5.23 Å². The molecule has 2 amide bonds. The van der Waals surface area contributed by atoms with E-state index in [1.54, 1.807) is 0 Å². The molecule has 8 heavy (non-hydrogen) atoms. The second-order valence-corrected chi connectivity index (χ2v) is 0.960. The Labute approximate surface area is 46.9 Å². The zero-order chi connectivity index (χ0) is 6.57. The van der Waals surface area contributed by atoms with Crippen molar-refractivity contribution in [1.82, 2.24) is 5.23 Å². The number of carbonyl (C=O) groups excluding carboxylic acids is 1. The summed E-state index contributed by atoms with van der Waals surface area (Å²) >= 11 is 0. The molecule has 0 saturated carbocycles. The van der Waals surface area contributed by atoms with Crippen molar-refractivity contribution in [3.8, 4) is 0 Å². The van der Waals surface area contributed by atoms with E-state index in [-0.39, 0.29) is 0 Å². The van der Waals surface area contributed by atoms with E-state index in [1.807, 2.05) is 0 Å². The van der Waals surface area contributed by atoms with Gasteiger partial charge in [-0.05, 0) is 0 Å². The first kappa shape index (κ1) is 7.19. The van der Waals surface area contributed by atoms with E-state index in [9.17, 15) is 4.79 Å². The first-order valence-electron chi connectivity index (χ1n) is 1.90. The molecule has 0 aromatic carbocycles. The average Bonchev–Trinajstić information content (AvgIpc) is 1.69. The lowest BCUT2D eigenvalue weighted by molar-refractivity contribution is -0.296. The number of primary amides is 1. The molecule has 48 valence electrons. The monoisotopic (exact) mass is 120 g/mol. The second-order valence-electron chi connectivity index (χ2n) is 0.960. The van der Waals surface area contributed by atoms with Gasteiger partial charge in [0.2, 0.25) is 0 Å². The van der Waals surface area contributed by atoms with E-state index in [1.165, 1.54) is 14.2 Å². The number of hydroxylamine groups is 2. The summed E-state index contributed by atoms with van der Waals surface area (Å²) in [6.07, 6.45) is 0. The quantitative estimate of drug-likeness (QED) is 0.499. The number of carbonyl (C=O) groups is 1. The molecular weight excluding hydrogens is 112 g/mol. The molecule has 2 N–H and O–H groups in total. The topological polar surface area (TPSA) is 64.8 Å². The van der Waals surface area contributed by atoms with Crippen LogP contribution in [0.3, 0.4) is 0 Å². The first-order chi connectivity index (χ1) is 3.72. The number of amides is 2. The lowest BCUT2D eigenvalue weighted by atomic mass is 11.1. The highest BCUT2D eigenvalue weighted by Crippen LogP contribution is 1.83. The van der Waals surface area contributed by atoms with E-state index in [0.717, 1.165) is 0 Å². The van der Waals surface area contributed by atoms with Crippen molar-refractivity contribution >= 4 is 6.03 Å². The van der Waals surface area contributed by atoms with Crippen LogP contribution in [0.4, 0.5) is 4.79 Å². The Morgan fingerprint density at radius 3 is 1.88 bits per heavy atom. The van der Waals surface area contributed by atoms with Crippen LogP contribution in [-0.2, 0) is 9.68 Å². The molecule has 5 heteroatoms. The zero-order valence-corrected chi connectivity index (χ0v) is 4.75. The van der Waals surface area contributed by atoms with Crippen LogP contribution in [0.25, 0.3) is 0 Å². The summed E-state index contributed by atoms with van der Waals surface area (Å²) in [5.74, 6) is 0. The van der Waals surface area contributed by atoms with E-state index in [2.05, 4.69) is 9.68 Å². The van der Waals surface area contributed by atoms with Crippen LogP contribution in [0.5, 0.6) is 0 Å². The Morgan fingerprint density at radius 1 is 1.50 bits per heavy atom. The molecule has 5 nitrogen and oxygen atoms in total. The molecule has 0 aliphatic heterocycles. The Bertz CT molecular complexity index is 80.6. The molecule has 0 bridgehead atoms. The van der Waals surface area contributed by atoms with Gasteiger partial charge < -0.3 is 5.73 Å². The largest absolute Gasteiger partial charge is 0.364 e. The molecule has 0 aliphatic carbocycles. The lowest BCUT2D eigenvalue weighted by Crippen LogP contribution is -2.33. The highest BCUT2D eigenvalue weighted by atomic mass is 16.9. The minimum Gasteiger partial charge on any atom is -0.348 e. The fourth-order valence-electron chi connectivity index (χ4n) is 0.254. The molecule has 0 aromatic heterocycles. The maximum Gasteiger partial charge on any atom is 0.364 e. The highest BCUT2D eigenvalue weighted by Gasteiger charge is 2.04. The van der Waals surface area contributed by atoms with Gasteiger partial charge in [-0.3, -0.25) is 0 Å². The third-order valence-corrected chi connectivity index (χ3v) is 0.512. The van der Waals surface area contributed by atoms with E-state index >= 15 is 0 Å². The van der Waals surface area contributed by atoms with E-state index in [4.69, 9.17) is 5.73 Å². The molecule has 0 radical (unpaired) electrons. The molecule has 0 rings (SSSR count). The van der Waals surface area contributed by atoms with Crippen LogP contribution >= 0.6 is 0 Å². The molecule has 0 saturated heterocycles. The van der Waals surface area contributed by atoms with Crippen molar-refractivity contribution < 1.29 is 14.5 Å². The van der Waals surface area contributed by atoms with Crippen LogP contribution in [0.15, 0.2) is 0 Å². The van der Waals surface area contributed by atoms with Crippen LogP contribution in [-0.4, -0.2) is 25.5 Å². The minimum absolute atomic E-state index is 0.556.